The van der Waals surface area contributed by atoms with Gasteiger partial charge in [-0.25, -0.2) is 4.98 Å². The number of fused-ring (bicyclic) bond motifs is 1. The molecule has 0 bridgehead atoms. The molecule has 21 heavy (non-hydrogen) atoms. The van der Waals surface area contributed by atoms with Crippen LogP contribution < -0.4 is 10.6 Å². The zero-order valence-corrected chi connectivity index (χ0v) is 12.9. The van der Waals surface area contributed by atoms with Crippen LogP contribution in [0.5, 0.6) is 0 Å². The fourth-order valence-electron chi connectivity index (χ4n) is 3.24. The Morgan fingerprint density at radius 3 is 2.62 bits per heavy atom. The van der Waals surface area contributed by atoms with Crippen LogP contribution in [-0.2, 0) is 7.05 Å². The van der Waals surface area contributed by atoms with Gasteiger partial charge in [0.05, 0.1) is 11.0 Å². The fourth-order valence-corrected chi connectivity index (χ4v) is 3.24. The van der Waals surface area contributed by atoms with E-state index in [1.807, 2.05) is 6.07 Å². The van der Waals surface area contributed by atoms with Crippen molar-refractivity contribution in [2.45, 2.75) is 44.6 Å². The van der Waals surface area contributed by atoms with Crippen molar-refractivity contribution in [3.63, 3.8) is 0 Å². The summed E-state index contributed by atoms with van der Waals surface area (Å²) < 4.78 is 2.13. The number of nitrogens with one attached hydrogen (secondary N) is 2. The van der Waals surface area contributed by atoms with E-state index in [0.29, 0.717) is 0 Å². The molecule has 1 aromatic heterocycles. The zero-order chi connectivity index (χ0) is 14.5. The lowest BCUT2D eigenvalue weighted by Gasteiger charge is -2.16. The first-order chi connectivity index (χ1) is 10.3. The van der Waals surface area contributed by atoms with Crippen LogP contribution in [0.3, 0.4) is 0 Å². The standard InChI is InChI=1S/C17H26N4/c1-21-16-11-7-6-10-15(16)20-17(21)19-13-12-18-14-8-4-2-3-5-9-14/h6-7,10-11,14,18H,2-5,8-9,12-13H2,1H3,(H,19,20). The average Bonchev–Trinajstić information content (AvgIpc) is 2.69. The van der Waals surface area contributed by atoms with Crippen LogP contribution in [0.4, 0.5) is 5.95 Å². The number of aromatic nitrogens is 2. The lowest BCUT2D eigenvalue weighted by Crippen LogP contribution is -2.32. The van der Waals surface area contributed by atoms with E-state index >= 15 is 0 Å². The Morgan fingerprint density at radius 2 is 1.86 bits per heavy atom. The highest BCUT2D eigenvalue weighted by atomic mass is 15.2. The second-order valence-electron chi connectivity index (χ2n) is 6.05. The van der Waals surface area contributed by atoms with Crippen molar-refractivity contribution >= 4 is 17.0 Å². The molecule has 1 fully saturated rings. The first kappa shape index (κ1) is 14.4. The third kappa shape index (κ3) is 3.56. The van der Waals surface area contributed by atoms with Gasteiger partial charge in [0.15, 0.2) is 0 Å². The van der Waals surface area contributed by atoms with Crippen molar-refractivity contribution < 1.29 is 0 Å². The van der Waals surface area contributed by atoms with Gasteiger partial charge in [0.25, 0.3) is 0 Å². The minimum Gasteiger partial charge on any atom is -0.354 e. The minimum atomic E-state index is 0.717. The average molecular weight is 286 g/mol. The molecule has 0 amide bonds. The second-order valence-corrected chi connectivity index (χ2v) is 6.05. The van der Waals surface area contributed by atoms with Crippen molar-refractivity contribution in [2.24, 2.45) is 7.05 Å². The summed E-state index contributed by atoms with van der Waals surface area (Å²) in [6.07, 6.45) is 8.27. The van der Waals surface area contributed by atoms with Gasteiger partial charge in [0, 0.05) is 26.2 Å². The van der Waals surface area contributed by atoms with Crippen molar-refractivity contribution in [2.75, 3.05) is 18.4 Å². The number of hydrogen-bond donors (Lipinski definition) is 2. The van der Waals surface area contributed by atoms with Gasteiger partial charge >= 0.3 is 0 Å². The van der Waals surface area contributed by atoms with Crippen LogP contribution in [0.1, 0.15) is 38.5 Å². The molecule has 2 aromatic rings. The number of anilines is 1. The smallest absolute Gasteiger partial charge is 0.203 e. The first-order valence-electron chi connectivity index (χ1n) is 8.23. The summed E-state index contributed by atoms with van der Waals surface area (Å²) in [7, 11) is 2.07. The Kier molecular flexibility index (Phi) is 4.76. The van der Waals surface area contributed by atoms with Gasteiger partial charge in [0.1, 0.15) is 0 Å². The van der Waals surface area contributed by atoms with Gasteiger partial charge in [-0.15, -0.1) is 0 Å². The molecule has 2 N–H and O–H groups in total. The van der Waals surface area contributed by atoms with Crippen LogP contribution >= 0.6 is 0 Å². The van der Waals surface area contributed by atoms with Crippen molar-refractivity contribution in [1.29, 1.82) is 0 Å². The maximum absolute atomic E-state index is 4.64. The van der Waals surface area contributed by atoms with Gasteiger partial charge < -0.3 is 15.2 Å². The van der Waals surface area contributed by atoms with E-state index in [4.69, 9.17) is 0 Å². The van der Waals surface area contributed by atoms with E-state index in [2.05, 4.69) is 45.4 Å². The highest BCUT2D eigenvalue weighted by Crippen LogP contribution is 2.18. The first-order valence-corrected chi connectivity index (χ1v) is 8.23. The molecule has 0 atom stereocenters. The molecule has 3 rings (SSSR count). The maximum atomic E-state index is 4.64. The third-order valence-corrected chi connectivity index (χ3v) is 4.48. The van der Waals surface area contributed by atoms with E-state index in [1.165, 1.54) is 44.0 Å². The number of aryl methyl sites for hydroxylation is 1. The normalized spacial score (nSPS) is 17.0. The maximum Gasteiger partial charge on any atom is 0.203 e. The Morgan fingerprint density at radius 1 is 1.10 bits per heavy atom. The van der Waals surface area contributed by atoms with Crippen LogP contribution in [0, 0.1) is 0 Å². The van der Waals surface area contributed by atoms with E-state index in [-0.39, 0.29) is 0 Å². The molecule has 1 aliphatic carbocycles. The molecule has 1 heterocycles. The van der Waals surface area contributed by atoms with Crippen LogP contribution in [0.15, 0.2) is 24.3 Å². The predicted molar refractivity (Wildman–Crippen MR) is 88.7 cm³/mol. The van der Waals surface area contributed by atoms with E-state index in [9.17, 15) is 0 Å². The molecule has 0 aliphatic heterocycles. The molecule has 1 aliphatic rings. The molecular weight excluding hydrogens is 260 g/mol. The number of imidazole rings is 1. The highest BCUT2D eigenvalue weighted by molar-refractivity contribution is 5.78. The summed E-state index contributed by atoms with van der Waals surface area (Å²) in [6.45, 7) is 1.93. The Hall–Kier alpha value is -1.55. The van der Waals surface area contributed by atoms with E-state index < -0.39 is 0 Å². The van der Waals surface area contributed by atoms with Crippen LogP contribution in [0.25, 0.3) is 11.0 Å². The molecular formula is C17H26N4. The largest absolute Gasteiger partial charge is 0.354 e. The van der Waals surface area contributed by atoms with Gasteiger partial charge in [-0.3, -0.25) is 0 Å². The third-order valence-electron chi connectivity index (χ3n) is 4.48. The molecule has 114 valence electrons. The minimum absolute atomic E-state index is 0.717. The van der Waals surface area contributed by atoms with Crippen molar-refractivity contribution in [3.8, 4) is 0 Å². The summed E-state index contributed by atoms with van der Waals surface area (Å²) in [5, 5.41) is 7.13. The molecule has 0 spiro atoms. The Bertz CT molecular complexity index is 567. The lowest BCUT2D eigenvalue weighted by atomic mass is 10.1. The van der Waals surface area contributed by atoms with Crippen LogP contribution in [0.2, 0.25) is 0 Å². The monoisotopic (exact) mass is 286 g/mol. The van der Waals surface area contributed by atoms with E-state index in [1.54, 1.807) is 0 Å². The summed E-state index contributed by atoms with van der Waals surface area (Å²) >= 11 is 0. The van der Waals surface area contributed by atoms with Gasteiger partial charge in [-0.05, 0) is 25.0 Å². The molecule has 4 heteroatoms. The summed E-state index contributed by atoms with van der Waals surface area (Å²) in [4.78, 5) is 4.64. The quantitative estimate of drug-likeness (QED) is 0.654. The SMILES string of the molecule is Cn1c(NCCNC2CCCCCC2)nc2ccccc21. The zero-order valence-electron chi connectivity index (χ0n) is 12.9. The molecule has 0 saturated heterocycles. The Labute approximate surface area is 126 Å². The molecule has 0 radical (unpaired) electrons. The van der Waals surface area contributed by atoms with Crippen LogP contribution in [-0.4, -0.2) is 28.7 Å². The summed E-state index contributed by atoms with van der Waals surface area (Å²) in [6, 6.07) is 8.98. The molecule has 4 nitrogen and oxygen atoms in total. The molecule has 0 unspecified atom stereocenters. The number of hydrogen-bond acceptors (Lipinski definition) is 3. The van der Waals surface area contributed by atoms with Crippen molar-refractivity contribution in [3.05, 3.63) is 24.3 Å². The molecule has 1 saturated carbocycles. The van der Waals surface area contributed by atoms with Gasteiger partial charge in [-0.2, -0.15) is 0 Å². The topological polar surface area (TPSA) is 41.9 Å². The van der Waals surface area contributed by atoms with Gasteiger partial charge in [0.2, 0.25) is 5.95 Å². The summed E-state index contributed by atoms with van der Waals surface area (Å²) in [5.74, 6) is 0.957. The predicted octanol–water partition coefficient (Wildman–Crippen LogP) is 3.30. The number of rotatable bonds is 5. The number of nitrogens with zero attached hydrogens (tertiary/aromatic N) is 2. The number of benzene rings is 1. The van der Waals surface area contributed by atoms with Gasteiger partial charge in [-0.1, -0.05) is 37.8 Å². The highest BCUT2D eigenvalue weighted by Gasteiger charge is 2.11. The summed E-state index contributed by atoms with van der Waals surface area (Å²) in [5.41, 5.74) is 2.23. The second kappa shape index (κ2) is 6.94. The fraction of sp³-hybridized carbons (Fsp3) is 0.588. The van der Waals surface area contributed by atoms with E-state index in [0.717, 1.165) is 30.6 Å². The molecule has 1 aromatic carbocycles. The Balaban J connectivity index is 1.49. The lowest BCUT2D eigenvalue weighted by molar-refractivity contribution is 0.468. The van der Waals surface area contributed by atoms with Crippen molar-refractivity contribution in [1.82, 2.24) is 14.9 Å². The number of para-hydroxylation sites is 2.